The van der Waals surface area contributed by atoms with Crippen LogP contribution in [0, 0.1) is 0 Å². The second kappa shape index (κ2) is 7.19. The normalized spacial score (nSPS) is 16.2. The van der Waals surface area contributed by atoms with Crippen LogP contribution in [0.5, 0.6) is 0 Å². The van der Waals surface area contributed by atoms with Gasteiger partial charge in [-0.05, 0) is 23.8 Å². The highest BCUT2D eigenvalue weighted by Crippen LogP contribution is 2.32. The summed E-state index contributed by atoms with van der Waals surface area (Å²) in [6.45, 7) is -0.0909. The van der Waals surface area contributed by atoms with Gasteiger partial charge in [0.05, 0.1) is 28.9 Å². The Morgan fingerprint density at radius 1 is 1.11 bits per heavy atom. The summed E-state index contributed by atoms with van der Waals surface area (Å²) >= 11 is 1.36. The molecule has 28 heavy (non-hydrogen) atoms. The van der Waals surface area contributed by atoms with Crippen molar-refractivity contribution in [1.82, 2.24) is 15.4 Å². The number of aliphatic imine (C=N–C) groups is 1. The smallest absolute Gasteiger partial charge is 0.306 e. The molecule has 0 bridgehead atoms. The summed E-state index contributed by atoms with van der Waals surface area (Å²) in [6, 6.07) is 10.8. The number of imidazole rings is 1. The van der Waals surface area contributed by atoms with E-state index in [2.05, 4.69) is 25.5 Å². The molecule has 0 saturated heterocycles. The third-order valence-electron chi connectivity index (χ3n) is 4.20. The van der Waals surface area contributed by atoms with E-state index in [1.165, 1.54) is 23.9 Å². The fourth-order valence-corrected chi connectivity index (χ4v) is 3.62. The van der Waals surface area contributed by atoms with Crippen molar-refractivity contribution in [3.8, 4) is 0 Å². The maximum absolute atomic E-state index is 13.0. The van der Waals surface area contributed by atoms with E-state index in [-0.39, 0.29) is 17.8 Å². The summed E-state index contributed by atoms with van der Waals surface area (Å²) < 4.78 is 39.1. The van der Waals surface area contributed by atoms with Crippen LogP contribution in [0.1, 0.15) is 16.7 Å². The Balaban J connectivity index is 1.50. The van der Waals surface area contributed by atoms with Crippen molar-refractivity contribution in [2.24, 2.45) is 10.1 Å². The number of nitrogens with one attached hydrogen (secondary N) is 3. The summed E-state index contributed by atoms with van der Waals surface area (Å²) in [7, 11) is 0. The van der Waals surface area contributed by atoms with Gasteiger partial charge in [-0.25, -0.2) is 4.79 Å². The summed E-state index contributed by atoms with van der Waals surface area (Å²) in [5, 5.41) is 4.72. The lowest BCUT2D eigenvalue weighted by atomic mass is 10.1. The number of rotatable bonds is 3. The van der Waals surface area contributed by atoms with Crippen LogP contribution < -0.4 is 11.1 Å². The quantitative estimate of drug-likeness (QED) is 0.624. The first-order valence-corrected chi connectivity index (χ1v) is 9.26. The minimum atomic E-state index is -4.41. The van der Waals surface area contributed by atoms with Crippen LogP contribution in [-0.4, -0.2) is 26.6 Å². The average molecular weight is 405 g/mol. The van der Waals surface area contributed by atoms with Gasteiger partial charge in [0.1, 0.15) is 0 Å². The number of amidine groups is 1. The number of hydrazone groups is 1. The maximum Gasteiger partial charge on any atom is 0.416 e. The number of H-pyrrole nitrogens is 2. The largest absolute Gasteiger partial charge is 0.416 e. The van der Waals surface area contributed by atoms with Gasteiger partial charge >= 0.3 is 11.9 Å². The van der Waals surface area contributed by atoms with E-state index in [9.17, 15) is 18.0 Å². The van der Waals surface area contributed by atoms with Crippen molar-refractivity contribution >= 4 is 33.7 Å². The third-order valence-corrected chi connectivity index (χ3v) is 5.11. The molecule has 0 saturated carbocycles. The molecule has 0 radical (unpaired) electrons. The van der Waals surface area contributed by atoms with Gasteiger partial charge in [-0.3, -0.25) is 10.4 Å². The molecule has 0 fully saturated rings. The SMILES string of the molecule is O=c1[nH]c2ccc(C3=NNC(=NCc4ccccc4C(F)(F)F)SC3)cc2[nH]1. The molecule has 2 aromatic carbocycles. The molecule has 0 unspecified atom stereocenters. The lowest BCUT2D eigenvalue weighted by Gasteiger charge is -2.16. The van der Waals surface area contributed by atoms with Crippen LogP contribution in [0.4, 0.5) is 13.2 Å². The van der Waals surface area contributed by atoms with Crippen molar-refractivity contribution < 1.29 is 13.2 Å². The van der Waals surface area contributed by atoms with E-state index in [1.807, 2.05) is 12.1 Å². The lowest BCUT2D eigenvalue weighted by Crippen LogP contribution is -2.25. The van der Waals surface area contributed by atoms with E-state index >= 15 is 0 Å². The molecule has 10 heteroatoms. The molecular formula is C18H14F3N5OS. The first-order valence-electron chi connectivity index (χ1n) is 8.27. The zero-order chi connectivity index (χ0) is 19.7. The fraction of sp³-hybridized carbons (Fsp3) is 0.167. The number of aromatic amines is 2. The standard InChI is InChI=1S/C18H14F3N5OS/c19-18(20,21)12-4-2-1-3-11(12)8-22-17-26-25-15(9-28-17)10-5-6-13-14(7-10)24-16(27)23-13/h1-7H,8-9H2,(H,22,26)(H2,23,24,27). The van der Waals surface area contributed by atoms with E-state index in [4.69, 9.17) is 0 Å². The molecule has 1 aliphatic rings. The predicted molar refractivity (Wildman–Crippen MR) is 104 cm³/mol. The fourth-order valence-electron chi connectivity index (χ4n) is 2.85. The van der Waals surface area contributed by atoms with Crippen molar-refractivity contribution in [2.45, 2.75) is 12.7 Å². The van der Waals surface area contributed by atoms with Crippen LogP contribution in [0.3, 0.4) is 0 Å². The average Bonchev–Trinajstić information content (AvgIpc) is 3.05. The van der Waals surface area contributed by atoms with Crippen molar-refractivity contribution in [3.63, 3.8) is 0 Å². The molecule has 3 aromatic rings. The zero-order valence-electron chi connectivity index (χ0n) is 14.3. The van der Waals surface area contributed by atoms with E-state index in [1.54, 1.807) is 12.1 Å². The molecule has 1 aromatic heterocycles. The number of nitrogens with zero attached hydrogens (tertiary/aromatic N) is 2. The number of halogens is 3. The molecule has 0 atom stereocenters. The zero-order valence-corrected chi connectivity index (χ0v) is 15.1. The topological polar surface area (TPSA) is 85.4 Å². The third kappa shape index (κ3) is 3.81. The number of alkyl halides is 3. The van der Waals surface area contributed by atoms with E-state index in [0.29, 0.717) is 22.0 Å². The molecule has 0 amide bonds. The highest BCUT2D eigenvalue weighted by molar-refractivity contribution is 8.14. The lowest BCUT2D eigenvalue weighted by molar-refractivity contribution is -0.138. The van der Waals surface area contributed by atoms with Gasteiger partial charge in [0.15, 0.2) is 5.17 Å². The van der Waals surface area contributed by atoms with Gasteiger partial charge in [0.2, 0.25) is 0 Å². The molecule has 6 nitrogen and oxygen atoms in total. The number of thioether (sulfide) groups is 1. The Hall–Kier alpha value is -3.01. The first kappa shape index (κ1) is 18.4. The van der Waals surface area contributed by atoms with Gasteiger partial charge < -0.3 is 9.97 Å². The van der Waals surface area contributed by atoms with Gasteiger partial charge in [-0.2, -0.15) is 18.3 Å². The summed E-state index contributed by atoms with van der Waals surface area (Å²) in [6.07, 6.45) is -4.41. The highest BCUT2D eigenvalue weighted by Gasteiger charge is 2.32. The molecule has 0 aliphatic carbocycles. The number of hydrogen-bond donors (Lipinski definition) is 3. The molecule has 4 rings (SSSR count). The molecule has 0 spiro atoms. The maximum atomic E-state index is 13.0. The van der Waals surface area contributed by atoms with Gasteiger partial charge in [0, 0.05) is 11.3 Å². The summed E-state index contributed by atoms with van der Waals surface area (Å²) in [4.78, 5) is 20.9. The number of hydrogen-bond acceptors (Lipinski definition) is 4. The molecular weight excluding hydrogens is 391 g/mol. The Morgan fingerprint density at radius 2 is 1.89 bits per heavy atom. The highest BCUT2D eigenvalue weighted by atomic mass is 32.2. The summed E-state index contributed by atoms with van der Waals surface area (Å²) in [5.74, 6) is 0.507. The van der Waals surface area contributed by atoms with Crippen LogP contribution in [0.15, 0.2) is 57.4 Å². The van der Waals surface area contributed by atoms with E-state index < -0.39 is 11.7 Å². The Bertz CT molecular complexity index is 1150. The number of aromatic nitrogens is 2. The minimum Gasteiger partial charge on any atom is -0.306 e. The molecule has 1 aliphatic heterocycles. The van der Waals surface area contributed by atoms with Crippen LogP contribution in [0.25, 0.3) is 11.0 Å². The van der Waals surface area contributed by atoms with Crippen LogP contribution in [-0.2, 0) is 12.7 Å². The Morgan fingerprint density at radius 3 is 2.64 bits per heavy atom. The van der Waals surface area contributed by atoms with Gasteiger partial charge in [-0.1, -0.05) is 36.0 Å². The second-order valence-corrected chi connectivity index (χ2v) is 7.04. The summed E-state index contributed by atoms with van der Waals surface area (Å²) in [5.41, 5.74) is 4.92. The van der Waals surface area contributed by atoms with Crippen LogP contribution in [0.2, 0.25) is 0 Å². The van der Waals surface area contributed by atoms with Crippen molar-refractivity contribution in [1.29, 1.82) is 0 Å². The molecule has 144 valence electrons. The first-order chi connectivity index (χ1) is 13.4. The Labute approximate surface area is 161 Å². The van der Waals surface area contributed by atoms with Crippen LogP contribution >= 0.6 is 11.8 Å². The van der Waals surface area contributed by atoms with Crippen molar-refractivity contribution in [2.75, 3.05) is 5.75 Å². The van der Waals surface area contributed by atoms with Gasteiger partial charge in [-0.15, -0.1) is 0 Å². The predicted octanol–water partition coefficient (Wildman–Crippen LogP) is 3.47. The monoisotopic (exact) mass is 405 g/mol. The molecule has 3 N–H and O–H groups in total. The minimum absolute atomic E-state index is 0.0909. The molecule has 2 heterocycles. The number of fused-ring (bicyclic) bond motifs is 1. The number of benzene rings is 2. The van der Waals surface area contributed by atoms with Gasteiger partial charge in [0.25, 0.3) is 0 Å². The van der Waals surface area contributed by atoms with Crippen molar-refractivity contribution in [3.05, 3.63) is 69.6 Å². The Kier molecular flexibility index (Phi) is 4.71. The second-order valence-electron chi connectivity index (χ2n) is 6.07. The van der Waals surface area contributed by atoms with E-state index in [0.717, 1.165) is 17.3 Å².